The van der Waals surface area contributed by atoms with Gasteiger partial charge in [-0.25, -0.2) is 4.79 Å². The Morgan fingerprint density at radius 2 is 2.10 bits per heavy atom. The zero-order valence-corrected chi connectivity index (χ0v) is 12.0. The first kappa shape index (κ1) is 12.9. The predicted molar refractivity (Wildman–Crippen MR) is 75.0 cm³/mol. The number of fused-ring (bicyclic) bond motifs is 3. The summed E-state index contributed by atoms with van der Waals surface area (Å²) in [6.45, 7) is 0.938. The summed E-state index contributed by atoms with van der Waals surface area (Å²) in [5.41, 5.74) is 0. The van der Waals surface area contributed by atoms with Gasteiger partial charge in [-0.3, -0.25) is 0 Å². The van der Waals surface area contributed by atoms with Crippen molar-refractivity contribution in [2.24, 2.45) is 23.7 Å². The summed E-state index contributed by atoms with van der Waals surface area (Å²) >= 11 is 0. The first-order valence-corrected chi connectivity index (χ1v) is 8.28. The zero-order chi connectivity index (χ0) is 13.5. The molecule has 3 nitrogen and oxygen atoms in total. The number of hydrogen-bond donors (Lipinski definition) is 0. The van der Waals surface area contributed by atoms with Crippen molar-refractivity contribution in [2.45, 2.75) is 57.2 Å². The third-order valence-corrected chi connectivity index (χ3v) is 5.97. The van der Waals surface area contributed by atoms with Gasteiger partial charge in [0.25, 0.3) is 0 Å². The average molecular weight is 276 g/mol. The van der Waals surface area contributed by atoms with Crippen LogP contribution in [0.2, 0.25) is 0 Å². The predicted octanol–water partition coefficient (Wildman–Crippen LogP) is 3.09. The van der Waals surface area contributed by atoms with Crippen molar-refractivity contribution >= 4 is 5.97 Å². The van der Waals surface area contributed by atoms with Crippen molar-refractivity contribution in [3.8, 4) is 0 Å². The summed E-state index contributed by atoms with van der Waals surface area (Å²) in [5.74, 6) is 2.98. The molecule has 20 heavy (non-hydrogen) atoms. The van der Waals surface area contributed by atoms with Crippen LogP contribution in [0.3, 0.4) is 0 Å². The molecule has 6 unspecified atom stereocenters. The molecule has 0 saturated heterocycles. The molecule has 3 aliphatic carbocycles. The molecule has 110 valence electrons. The maximum Gasteiger partial charge on any atom is 0.330 e. The Bertz CT molecular complexity index is 416. The lowest BCUT2D eigenvalue weighted by atomic mass is 9.83. The van der Waals surface area contributed by atoms with Crippen LogP contribution < -0.4 is 0 Å². The molecule has 3 fully saturated rings. The molecule has 1 heterocycles. The van der Waals surface area contributed by atoms with Gasteiger partial charge in [0.05, 0.1) is 12.7 Å². The zero-order valence-electron chi connectivity index (χ0n) is 12.0. The van der Waals surface area contributed by atoms with E-state index in [1.54, 1.807) is 6.08 Å². The molecule has 0 amide bonds. The van der Waals surface area contributed by atoms with Gasteiger partial charge in [0.15, 0.2) is 0 Å². The van der Waals surface area contributed by atoms with Crippen LogP contribution in [0.25, 0.3) is 0 Å². The summed E-state index contributed by atoms with van der Waals surface area (Å²) in [7, 11) is 0. The van der Waals surface area contributed by atoms with Gasteiger partial charge in [-0.15, -0.1) is 0 Å². The molecule has 0 aromatic heterocycles. The van der Waals surface area contributed by atoms with Crippen molar-refractivity contribution in [3.05, 3.63) is 12.2 Å². The Labute approximate surface area is 120 Å². The smallest absolute Gasteiger partial charge is 0.330 e. The fourth-order valence-electron chi connectivity index (χ4n) is 4.85. The first-order chi connectivity index (χ1) is 9.78. The number of carbonyl (C=O) groups is 1. The minimum absolute atomic E-state index is 0.0614. The molecule has 0 aromatic rings. The van der Waals surface area contributed by atoms with E-state index >= 15 is 0 Å². The molecule has 1 aliphatic heterocycles. The van der Waals surface area contributed by atoms with E-state index in [1.807, 2.05) is 6.08 Å². The lowest BCUT2D eigenvalue weighted by Crippen LogP contribution is -2.38. The van der Waals surface area contributed by atoms with Gasteiger partial charge in [0.2, 0.25) is 0 Å². The molecule has 2 bridgehead atoms. The molecule has 0 spiro atoms. The Morgan fingerprint density at radius 3 is 2.90 bits per heavy atom. The Hall–Kier alpha value is -0.830. The minimum Gasteiger partial charge on any atom is -0.458 e. The molecule has 0 N–H and O–H groups in total. The van der Waals surface area contributed by atoms with Crippen LogP contribution >= 0.6 is 0 Å². The second kappa shape index (κ2) is 5.18. The topological polar surface area (TPSA) is 35.5 Å². The van der Waals surface area contributed by atoms with Crippen molar-refractivity contribution in [1.29, 1.82) is 0 Å². The Kier molecular flexibility index (Phi) is 3.33. The number of esters is 1. The quantitative estimate of drug-likeness (QED) is 0.743. The monoisotopic (exact) mass is 276 g/mol. The summed E-state index contributed by atoms with van der Waals surface area (Å²) < 4.78 is 11.6. The van der Waals surface area contributed by atoms with Crippen LogP contribution in [0.1, 0.15) is 44.9 Å². The van der Waals surface area contributed by atoms with Crippen molar-refractivity contribution in [3.63, 3.8) is 0 Å². The SMILES string of the molecule is O=C1C=CC2CCC(OCC3CC4CCC3C4)CC2O1. The summed E-state index contributed by atoms with van der Waals surface area (Å²) in [6.07, 6.45) is 12.8. The number of carbonyl (C=O) groups excluding carboxylic acids is 1. The van der Waals surface area contributed by atoms with Gasteiger partial charge in [-0.1, -0.05) is 12.5 Å². The van der Waals surface area contributed by atoms with Crippen LogP contribution in [0.4, 0.5) is 0 Å². The summed E-state index contributed by atoms with van der Waals surface area (Å²) in [6, 6.07) is 0. The molecule has 3 saturated carbocycles. The van der Waals surface area contributed by atoms with E-state index in [-0.39, 0.29) is 12.1 Å². The molecular weight excluding hydrogens is 252 g/mol. The fourth-order valence-corrected chi connectivity index (χ4v) is 4.85. The van der Waals surface area contributed by atoms with Crippen LogP contribution in [-0.2, 0) is 14.3 Å². The van der Waals surface area contributed by atoms with Gasteiger partial charge >= 0.3 is 5.97 Å². The number of ether oxygens (including phenoxy) is 2. The molecule has 4 rings (SSSR count). The minimum atomic E-state index is -0.181. The lowest BCUT2D eigenvalue weighted by molar-refractivity contribution is -0.152. The second-order valence-corrected chi connectivity index (χ2v) is 7.20. The van der Waals surface area contributed by atoms with Crippen LogP contribution in [-0.4, -0.2) is 24.8 Å². The maximum absolute atomic E-state index is 11.3. The van der Waals surface area contributed by atoms with Gasteiger partial charge in [-0.05, 0) is 49.9 Å². The normalized spacial score (nSPS) is 46.3. The molecule has 3 heteroatoms. The van der Waals surface area contributed by atoms with Crippen molar-refractivity contribution in [1.82, 2.24) is 0 Å². The van der Waals surface area contributed by atoms with E-state index < -0.39 is 0 Å². The summed E-state index contributed by atoms with van der Waals surface area (Å²) in [5, 5.41) is 0. The highest BCUT2D eigenvalue weighted by Crippen LogP contribution is 2.48. The third-order valence-electron chi connectivity index (χ3n) is 5.97. The van der Waals surface area contributed by atoms with E-state index in [1.165, 1.54) is 25.7 Å². The first-order valence-electron chi connectivity index (χ1n) is 8.28. The Balaban J connectivity index is 1.28. The largest absolute Gasteiger partial charge is 0.458 e. The Morgan fingerprint density at radius 1 is 1.15 bits per heavy atom. The van der Waals surface area contributed by atoms with E-state index in [2.05, 4.69) is 0 Å². The molecule has 4 aliphatic rings. The van der Waals surface area contributed by atoms with E-state index in [0.717, 1.165) is 43.6 Å². The number of rotatable bonds is 3. The number of hydrogen-bond acceptors (Lipinski definition) is 3. The average Bonchev–Trinajstić information content (AvgIpc) is 3.07. The van der Waals surface area contributed by atoms with Crippen molar-refractivity contribution < 1.29 is 14.3 Å². The third kappa shape index (κ3) is 2.41. The molecular formula is C17H24O3. The highest BCUT2D eigenvalue weighted by molar-refractivity contribution is 5.83. The molecule has 0 radical (unpaired) electrons. The van der Waals surface area contributed by atoms with Crippen molar-refractivity contribution in [2.75, 3.05) is 6.61 Å². The fraction of sp³-hybridized carbons (Fsp3) is 0.824. The van der Waals surface area contributed by atoms with Gasteiger partial charge in [-0.2, -0.15) is 0 Å². The highest BCUT2D eigenvalue weighted by Gasteiger charge is 2.40. The molecule has 6 atom stereocenters. The van der Waals surface area contributed by atoms with Gasteiger partial charge < -0.3 is 9.47 Å². The van der Waals surface area contributed by atoms with Gasteiger partial charge in [0, 0.05) is 18.4 Å². The van der Waals surface area contributed by atoms with Crippen LogP contribution in [0.5, 0.6) is 0 Å². The lowest BCUT2D eigenvalue weighted by Gasteiger charge is -2.36. The van der Waals surface area contributed by atoms with Gasteiger partial charge in [0.1, 0.15) is 6.10 Å². The maximum atomic E-state index is 11.3. The van der Waals surface area contributed by atoms with E-state index in [9.17, 15) is 4.79 Å². The second-order valence-electron chi connectivity index (χ2n) is 7.20. The highest BCUT2D eigenvalue weighted by atomic mass is 16.5. The van der Waals surface area contributed by atoms with E-state index in [4.69, 9.17) is 9.47 Å². The summed E-state index contributed by atoms with van der Waals surface area (Å²) in [4.78, 5) is 11.3. The van der Waals surface area contributed by atoms with E-state index in [0.29, 0.717) is 12.0 Å². The van der Waals surface area contributed by atoms with Crippen LogP contribution in [0, 0.1) is 23.7 Å². The molecule has 0 aromatic carbocycles. The van der Waals surface area contributed by atoms with Crippen LogP contribution in [0.15, 0.2) is 12.2 Å². The standard InChI is InChI=1S/C17H24O3/c18-17-6-4-12-3-5-15(9-16(12)20-17)19-10-14-8-11-1-2-13(14)7-11/h4,6,11-16H,1-3,5,7-10H2.